The summed E-state index contributed by atoms with van der Waals surface area (Å²) in [6.45, 7) is 0. The minimum atomic E-state index is 0.420. The van der Waals surface area contributed by atoms with Crippen molar-refractivity contribution in [3.63, 3.8) is 0 Å². The Kier molecular flexibility index (Phi) is 4.49. The van der Waals surface area contributed by atoms with Crippen molar-refractivity contribution in [2.45, 2.75) is 0 Å². The van der Waals surface area contributed by atoms with Crippen molar-refractivity contribution in [3.8, 4) is 17.1 Å². The maximum Gasteiger partial charge on any atom is 0.216 e. The van der Waals surface area contributed by atoms with E-state index in [0.717, 1.165) is 16.9 Å². The normalized spacial score (nSPS) is 10.5. The van der Waals surface area contributed by atoms with Crippen LogP contribution in [0.25, 0.3) is 17.1 Å². The number of pyridine rings is 1. The lowest BCUT2D eigenvalue weighted by Gasteiger charge is -2.15. The van der Waals surface area contributed by atoms with Gasteiger partial charge in [-0.3, -0.25) is 9.55 Å². The van der Waals surface area contributed by atoms with E-state index < -0.39 is 0 Å². The molecule has 0 aliphatic carbocycles. The molecule has 4 aromatic rings. The molecule has 2 aromatic carbocycles. The molecule has 0 radical (unpaired) electrons. The van der Waals surface area contributed by atoms with E-state index in [1.807, 2.05) is 77.4 Å². The van der Waals surface area contributed by atoms with Gasteiger partial charge in [-0.05, 0) is 48.6 Å². The Morgan fingerprint density at radius 3 is 2.23 bits per heavy atom. The molecule has 5 nitrogen and oxygen atoms in total. The molecule has 4 rings (SSSR count). The van der Waals surface area contributed by atoms with Gasteiger partial charge in [0.2, 0.25) is 10.7 Å². The fraction of sp³-hybridized carbons (Fsp3) is 0. The van der Waals surface area contributed by atoms with Crippen LogP contribution in [0.15, 0.2) is 85.2 Å². The van der Waals surface area contributed by atoms with Crippen molar-refractivity contribution < 1.29 is 0 Å². The Morgan fingerprint density at radius 2 is 1.54 bits per heavy atom. The highest BCUT2D eigenvalue weighted by Crippen LogP contribution is 2.22. The van der Waals surface area contributed by atoms with E-state index in [1.165, 1.54) is 0 Å². The van der Waals surface area contributed by atoms with Crippen LogP contribution >= 0.6 is 12.2 Å². The van der Waals surface area contributed by atoms with Crippen LogP contribution in [0.2, 0.25) is 0 Å². The van der Waals surface area contributed by atoms with Crippen LogP contribution in [0.3, 0.4) is 0 Å². The predicted octanol–water partition coefficient (Wildman–Crippen LogP) is 4.80. The van der Waals surface area contributed by atoms with E-state index in [1.54, 1.807) is 12.4 Å². The first-order valence-electron chi connectivity index (χ1n) is 8.10. The lowest BCUT2D eigenvalue weighted by atomic mass is 10.2. The summed E-state index contributed by atoms with van der Waals surface area (Å²) in [5.41, 5.74) is 2.63. The number of rotatable bonds is 4. The third-order valence-electron chi connectivity index (χ3n) is 3.78. The van der Waals surface area contributed by atoms with Crippen molar-refractivity contribution in [1.82, 2.24) is 19.5 Å². The molecule has 1 N–H and O–H groups in total. The van der Waals surface area contributed by atoms with Gasteiger partial charge < -0.3 is 5.32 Å². The average Bonchev–Trinajstić information content (AvgIpc) is 2.70. The lowest BCUT2D eigenvalue weighted by Crippen LogP contribution is -2.10. The molecule has 0 bridgehead atoms. The highest BCUT2D eigenvalue weighted by molar-refractivity contribution is 7.71. The molecule has 0 atom stereocenters. The number of anilines is 2. The van der Waals surface area contributed by atoms with Gasteiger partial charge in [-0.2, -0.15) is 9.97 Å². The summed E-state index contributed by atoms with van der Waals surface area (Å²) in [6.07, 6.45) is 3.44. The quantitative estimate of drug-likeness (QED) is 0.532. The van der Waals surface area contributed by atoms with Gasteiger partial charge in [0.25, 0.3) is 0 Å². The zero-order valence-corrected chi connectivity index (χ0v) is 14.6. The second-order valence-electron chi connectivity index (χ2n) is 5.56. The van der Waals surface area contributed by atoms with Crippen molar-refractivity contribution in [3.05, 3.63) is 90.0 Å². The summed E-state index contributed by atoms with van der Waals surface area (Å²) >= 11 is 5.58. The number of para-hydroxylation sites is 2. The fourth-order valence-corrected chi connectivity index (χ4v) is 2.85. The Balaban J connectivity index is 1.89. The third kappa shape index (κ3) is 3.36. The molecule has 0 aliphatic rings. The molecular formula is C20H15N5S. The molecule has 0 saturated carbocycles. The first kappa shape index (κ1) is 16.1. The van der Waals surface area contributed by atoms with Crippen LogP contribution in [0.4, 0.5) is 11.6 Å². The fourth-order valence-electron chi connectivity index (χ4n) is 2.57. The predicted molar refractivity (Wildman–Crippen MR) is 105 cm³/mol. The van der Waals surface area contributed by atoms with Crippen molar-refractivity contribution in [2.24, 2.45) is 0 Å². The number of benzene rings is 2. The molecule has 0 spiro atoms. The van der Waals surface area contributed by atoms with Gasteiger partial charge in [-0.1, -0.05) is 36.4 Å². The van der Waals surface area contributed by atoms with E-state index in [2.05, 4.69) is 15.3 Å². The summed E-state index contributed by atoms with van der Waals surface area (Å²) in [6, 6.07) is 23.4. The average molecular weight is 357 g/mol. The Hall–Kier alpha value is -3.38. The van der Waals surface area contributed by atoms with Crippen molar-refractivity contribution in [1.29, 1.82) is 0 Å². The first-order valence-corrected chi connectivity index (χ1v) is 8.51. The summed E-state index contributed by atoms with van der Waals surface area (Å²) in [5.74, 6) is 1.13. The van der Waals surface area contributed by atoms with Gasteiger partial charge in [0.05, 0.1) is 5.69 Å². The van der Waals surface area contributed by atoms with E-state index >= 15 is 0 Å². The minimum absolute atomic E-state index is 0.420. The summed E-state index contributed by atoms with van der Waals surface area (Å²) < 4.78 is 2.24. The van der Waals surface area contributed by atoms with Crippen molar-refractivity contribution in [2.75, 3.05) is 5.32 Å². The molecule has 126 valence electrons. The van der Waals surface area contributed by atoms with Gasteiger partial charge in [0.15, 0.2) is 5.82 Å². The zero-order chi connectivity index (χ0) is 17.8. The highest BCUT2D eigenvalue weighted by Gasteiger charge is 2.12. The minimum Gasteiger partial charge on any atom is -0.325 e. The molecule has 0 amide bonds. The molecule has 2 heterocycles. The Morgan fingerprint density at radius 1 is 0.808 bits per heavy atom. The largest absolute Gasteiger partial charge is 0.325 e. The second kappa shape index (κ2) is 7.25. The highest BCUT2D eigenvalue weighted by atomic mass is 32.1. The smallest absolute Gasteiger partial charge is 0.216 e. The lowest BCUT2D eigenvalue weighted by molar-refractivity contribution is 0.911. The Bertz CT molecular complexity index is 1060. The molecule has 0 aliphatic heterocycles. The SMILES string of the molecule is S=c1nc(-c2cccnc2)nc(Nc2ccccc2)n1-c1ccccc1. The third-order valence-corrected chi connectivity index (χ3v) is 4.05. The number of hydrogen-bond acceptors (Lipinski definition) is 5. The van der Waals surface area contributed by atoms with Crippen LogP contribution in [0, 0.1) is 4.77 Å². The van der Waals surface area contributed by atoms with E-state index in [9.17, 15) is 0 Å². The Labute approximate surface area is 156 Å². The van der Waals surface area contributed by atoms with E-state index in [-0.39, 0.29) is 0 Å². The molecule has 0 fully saturated rings. The van der Waals surface area contributed by atoms with Crippen LogP contribution in [0.1, 0.15) is 0 Å². The van der Waals surface area contributed by atoms with Crippen LogP contribution in [-0.2, 0) is 0 Å². The molecule has 2 aromatic heterocycles. The molecular weight excluding hydrogens is 342 g/mol. The van der Waals surface area contributed by atoms with Gasteiger partial charge in [0.1, 0.15) is 0 Å². The van der Waals surface area contributed by atoms with Crippen LogP contribution in [-0.4, -0.2) is 19.5 Å². The van der Waals surface area contributed by atoms with Gasteiger partial charge >= 0.3 is 0 Å². The number of hydrogen-bond donors (Lipinski definition) is 1. The van der Waals surface area contributed by atoms with Gasteiger partial charge in [-0.15, -0.1) is 0 Å². The van der Waals surface area contributed by atoms with Crippen LogP contribution < -0.4 is 5.32 Å². The zero-order valence-electron chi connectivity index (χ0n) is 13.8. The monoisotopic (exact) mass is 357 g/mol. The molecule has 0 unspecified atom stereocenters. The molecule has 0 saturated heterocycles. The summed E-state index contributed by atoms with van der Waals surface area (Å²) in [7, 11) is 0. The van der Waals surface area contributed by atoms with E-state index in [4.69, 9.17) is 17.2 Å². The number of nitrogens with one attached hydrogen (secondary N) is 1. The van der Waals surface area contributed by atoms with Crippen molar-refractivity contribution >= 4 is 23.9 Å². The van der Waals surface area contributed by atoms with Gasteiger partial charge in [-0.25, -0.2) is 0 Å². The number of nitrogens with zero attached hydrogens (tertiary/aromatic N) is 4. The molecule has 6 heteroatoms. The number of aromatic nitrogens is 4. The maximum atomic E-state index is 5.58. The topological polar surface area (TPSA) is 55.6 Å². The maximum absolute atomic E-state index is 5.58. The second-order valence-corrected chi connectivity index (χ2v) is 5.92. The van der Waals surface area contributed by atoms with Crippen LogP contribution in [0.5, 0.6) is 0 Å². The molecule has 26 heavy (non-hydrogen) atoms. The first-order chi connectivity index (χ1) is 12.8. The van der Waals surface area contributed by atoms with Gasteiger partial charge in [0, 0.05) is 23.6 Å². The van der Waals surface area contributed by atoms with E-state index in [0.29, 0.717) is 16.5 Å². The summed E-state index contributed by atoms with van der Waals surface area (Å²) in [4.78, 5) is 13.4. The standard InChI is InChI=1S/C20H15N5S/c26-20-24-18(15-8-7-13-21-14-15)23-19(22-16-9-3-1-4-10-16)25(20)17-11-5-2-6-12-17/h1-14H,(H,22,23,24,26). The summed E-state index contributed by atoms with van der Waals surface area (Å²) in [5, 5.41) is 3.35.